The molecule has 0 aromatic rings. The smallest absolute Gasteiger partial charge is 0.106 e. The van der Waals surface area contributed by atoms with Crippen LogP contribution in [0.5, 0.6) is 0 Å². The number of hydrogen-bond acceptors (Lipinski definition) is 2. The Balaban J connectivity index is -0.0000000133. The van der Waals surface area contributed by atoms with Gasteiger partial charge in [-0.1, -0.05) is 0 Å². The zero-order chi connectivity index (χ0) is 4.00. The third kappa shape index (κ3) is 20700. The molecule has 0 saturated heterocycles. The normalized spacial score (nSPS) is 1.60. The minimum Gasteiger partial charge on any atom is -0.307 e. The van der Waals surface area contributed by atoms with Crippen LogP contribution in [0.15, 0.2) is 0 Å². The van der Waals surface area contributed by atoms with Crippen LogP contribution >= 0.6 is 0 Å². The Morgan fingerprint density at radius 3 is 0.800 bits per heavy atom. The van der Waals surface area contributed by atoms with Gasteiger partial charge in [-0.05, 0) is 0 Å². The van der Waals surface area contributed by atoms with Crippen molar-refractivity contribution in [3.05, 3.63) is 0 Å². The number of rotatable bonds is 0. The van der Waals surface area contributed by atoms with Crippen molar-refractivity contribution in [1.29, 1.82) is 0 Å². The third-order valence-corrected chi connectivity index (χ3v) is 0. The Labute approximate surface area is 44.8 Å². The molecule has 5 heavy (non-hydrogen) atoms. The molecule has 0 atom stereocenters. The van der Waals surface area contributed by atoms with Gasteiger partial charge in [0.2, 0.25) is 0 Å². The largest absolute Gasteiger partial charge is 0.307 e. The second-order valence-electron chi connectivity index (χ2n) is 0. The topological polar surface area (TPSA) is 34.1 Å². The molecule has 34 valence electrons. The van der Waals surface area contributed by atoms with Crippen molar-refractivity contribution >= 4 is 13.6 Å². The predicted molar refractivity (Wildman–Crippen MR) is 14.2 cm³/mol. The molecule has 0 unspecified atom stereocenters. The molecule has 0 heterocycles. The van der Waals surface area contributed by atoms with E-state index in [4.69, 9.17) is 9.59 Å². The summed E-state index contributed by atoms with van der Waals surface area (Å²) in [6.45, 7) is 4.00. The number of hydrogen-bond donors (Lipinski definition) is 0. The first-order valence-electron chi connectivity index (χ1n) is 0.577. The predicted octanol–water partition coefficient (Wildman–Crippen LogP) is -0.372. The molecule has 0 fully saturated rings. The maximum absolute atomic E-state index is 8.00. The van der Waals surface area contributed by atoms with E-state index in [-0.39, 0.29) is 21.1 Å². The second-order valence-corrected chi connectivity index (χ2v) is 0. The minimum atomic E-state index is 0. The molecule has 0 aliphatic heterocycles. The molecule has 0 aliphatic carbocycles. The zero-order valence-corrected chi connectivity index (χ0v) is 4.82. The molecular formula is C2H4O2Pt. The van der Waals surface area contributed by atoms with Gasteiger partial charge in [0, 0.05) is 21.1 Å². The average Bonchev–Trinajstić information content (AvgIpc) is 1.50. The molecule has 0 saturated carbocycles. The van der Waals surface area contributed by atoms with Crippen molar-refractivity contribution in [2.45, 2.75) is 0 Å². The molecule has 0 radical (unpaired) electrons. The molecule has 0 amide bonds. The Hall–Kier alpha value is 0.0283. The quantitative estimate of drug-likeness (QED) is 0.591. The second kappa shape index (κ2) is 46100. The van der Waals surface area contributed by atoms with Gasteiger partial charge < -0.3 is 9.59 Å². The fraction of sp³-hybridized carbons (Fsp3) is 0. The summed E-state index contributed by atoms with van der Waals surface area (Å²) in [5, 5.41) is 0. The van der Waals surface area contributed by atoms with Gasteiger partial charge in [-0.2, -0.15) is 0 Å². The van der Waals surface area contributed by atoms with Crippen LogP contribution in [0.25, 0.3) is 0 Å². The molecule has 0 bridgehead atoms. The van der Waals surface area contributed by atoms with Crippen LogP contribution in [0.2, 0.25) is 0 Å². The molecule has 3 heteroatoms. The monoisotopic (exact) mass is 255 g/mol. The van der Waals surface area contributed by atoms with E-state index in [9.17, 15) is 0 Å². The number of carbonyl (C=O) groups is 2. The van der Waals surface area contributed by atoms with Crippen molar-refractivity contribution < 1.29 is 30.7 Å². The van der Waals surface area contributed by atoms with E-state index in [0.29, 0.717) is 0 Å². The molecule has 0 aliphatic rings. The van der Waals surface area contributed by atoms with Crippen LogP contribution in [0.4, 0.5) is 0 Å². The maximum atomic E-state index is 8.00. The average molecular weight is 255 g/mol. The van der Waals surface area contributed by atoms with Crippen LogP contribution in [-0.2, 0) is 30.7 Å². The summed E-state index contributed by atoms with van der Waals surface area (Å²) < 4.78 is 0. The third-order valence-electron chi connectivity index (χ3n) is 0. The Bertz CT molecular complexity index is 9.61. The van der Waals surface area contributed by atoms with Crippen molar-refractivity contribution in [2.75, 3.05) is 0 Å². The minimum absolute atomic E-state index is 0. The first-order valence-corrected chi connectivity index (χ1v) is 0.577. The Kier molecular flexibility index (Phi) is 183000. The van der Waals surface area contributed by atoms with Crippen LogP contribution in [0, 0.1) is 0 Å². The summed E-state index contributed by atoms with van der Waals surface area (Å²) in [7, 11) is 0. The van der Waals surface area contributed by atoms with Crippen molar-refractivity contribution in [2.24, 2.45) is 0 Å². The maximum Gasteiger partial charge on any atom is 0.106 e. The van der Waals surface area contributed by atoms with Gasteiger partial charge in [-0.3, -0.25) is 0 Å². The fourth-order valence-electron chi connectivity index (χ4n) is 0. The van der Waals surface area contributed by atoms with Gasteiger partial charge in [0.1, 0.15) is 13.6 Å². The van der Waals surface area contributed by atoms with Crippen molar-refractivity contribution in [3.63, 3.8) is 0 Å². The summed E-state index contributed by atoms with van der Waals surface area (Å²) in [6.07, 6.45) is 0. The van der Waals surface area contributed by atoms with E-state index in [0.717, 1.165) is 0 Å². The van der Waals surface area contributed by atoms with Crippen LogP contribution in [-0.4, -0.2) is 13.6 Å². The Morgan fingerprint density at radius 2 is 0.800 bits per heavy atom. The first-order chi connectivity index (χ1) is 2.00. The molecular weight excluding hydrogens is 251 g/mol. The van der Waals surface area contributed by atoms with Crippen molar-refractivity contribution in [3.8, 4) is 0 Å². The molecule has 2 nitrogen and oxygen atoms in total. The molecule has 0 spiro atoms. The van der Waals surface area contributed by atoms with E-state index in [1.54, 1.807) is 0 Å². The van der Waals surface area contributed by atoms with Gasteiger partial charge in [0.05, 0.1) is 0 Å². The van der Waals surface area contributed by atoms with Gasteiger partial charge in [-0.15, -0.1) is 0 Å². The number of carbonyl (C=O) groups excluding carboxylic acids is 2. The summed E-state index contributed by atoms with van der Waals surface area (Å²) in [5.74, 6) is 0. The summed E-state index contributed by atoms with van der Waals surface area (Å²) in [4.78, 5) is 16.0. The first kappa shape index (κ1) is 19.8. The summed E-state index contributed by atoms with van der Waals surface area (Å²) in [5.41, 5.74) is 0. The Morgan fingerprint density at radius 1 is 0.800 bits per heavy atom. The van der Waals surface area contributed by atoms with Crippen LogP contribution in [0.3, 0.4) is 0 Å². The van der Waals surface area contributed by atoms with Gasteiger partial charge in [0.15, 0.2) is 0 Å². The fourth-order valence-corrected chi connectivity index (χ4v) is 0. The van der Waals surface area contributed by atoms with Crippen molar-refractivity contribution in [1.82, 2.24) is 0 Å². The molecule has 0 rings (SSSR count). The molecule has 0 N–H and O–H groups in total. The van der Waals surface area contributed by atoms with Crippen LogP contribution in [0.1, 0.15) is 0 Å². The van der Waals surface area contributed by atoms with E-state index >= 15 is 0 Å². The van der Waals surface area contributed by atoms with Gasteiger partial charge >= 0.3 is 0 Å². The standard InChI is InChI=1S/2CH2O.Pt/c2*1-2;/h2*1H2;. The van der Waals surface area contributed by atoms with Gasteiger partial charge in [0.25, 0.3) is 0 Å². The van der Waals surface area contributed by atoms with E-state index < -0.39 is 0 Å². The van der Waals surface area contributed by atoms with Gasteiger partial charge in [-0.25, -0.2) is 0 Å². The van der Waals surface area contributed by atoms with E-state index in [1.165, 1.54) is 0 Å². The summed E-state index contributed by atoms with van der Waals surface area (Å²) in [6, 6.07) is 0. The molecule has 0 aromatic heterocycles. The zero-order valence-electron chi connectivity index (χ0n) is 2.55. The molecule has 0 aromatic carbocycles. The van der Waals surface area contributed by atoms with E-state index in [1.807, 2.05) is 13.6 Å². The van der Waals surface area contributed by atoms with E-state index in [2.05, 4.69) is 0 Å². The van der Waals surface area contributed by atoms with Crippen LogP contribution < -0.4 is 0 Å². The SMILES string of the molecule is C=O.C=O.[Pt]. The summed E-state index contributed by atoms with van der Waals surface area (Å²) >= 11 is 0.